The Morgan fingerprint density at radius 2 is 0.613 bits per heavy atom. The number of hydrogen-bond donors (Lipinski definition) is 3. The Kier molecular flexibility index (Phi) is 40.6. The summed E-state index contributed by atoms with van der Waals surface area (Å²) in [4.78, 5) is 30.1. The van der Waals surface area contributed by atoms with Gasteiger partial charge in [-0.25, -0.2) is 0 Å². The molecule has 0 bridgehead atoms. The van der Waals surface area contributed by atoms with Crippen molar-refractivity contribution in [3.05, 3.63) is 0 Å². The van der Waals surface area contributed by atoms with Crippen LogP contribution in [0.2, 0.25) is 0 Å². The second kappa shape index (κ2) is 33.7. The van der Waals surface area contributed by atoms with E-state index in [1.54, 1.807) is 0 Å². The van der Waals surface area contributed by atoms with E-state index in [0.29, 0.717) is 19.3 Å². The quantitative estimate of drug-likeness (QED) is 0.125. The summed E-state index contributed by atoms with van der Waals surface area (Å²) in [5.41, 5.74) is 0. The molecule has 0 rings (SSSR count). The van der Waals surface area contributed by atoms with E-state index in [4.69, 9.17) is 15.3 Å². The fourth-order valence-corrected chi connectivity index (χ4v) is 2.64. The Hall–Kier alpha value is -0.967. The van der Waals surface area contributed by atoms with Gasteiger partial charge >= 0.3 is 17.9 Å². The molecule has 0 saturated heterocycles. The first-order valence-corrected chi connectivity index (χ1v) is 12.0. The maximum atomic E-state index is 10.0. The number of rotatable bonds is 18. The molecule has 0 spiro atoms. The number of carboxylic acid groups (broad SMARTS) is 3. The maximum absolute atomic E-state index is 10.0. The molecule has 0 aromatic rings. The van der Waals surface area contributed by atoms with E-state index < -0.39 is 17.9 Å². The minimum absolute atomic E-state index is 0. The van der Waals surface area contributed by atoms with Crippen LogP contribution in [0.5, 0.6) is 0 Å². The van der Waals surface area contributed by atoms with Gasteiger partial charge in [0.2, 0.25) is 0 Å². The smallest absolute Gasteiger partial charge is 0.303 e. The summed E-state index contributed by atoms with van der Waals surface area (Å²) in [6.07, 6.45) is 17.7. The first-order chi connectivity index (χ1) is 14.3. The minimum Gasteiger partial charge on any atom is -0.481 e. The fourth-order valence-electron chi connectivity index (χ4n) is 2.64. The molecule has 3 N–H and O–H groups in total. The van der Waals surface area contributed by atoms with Crippen LogP contribution in [0.25, 0.3) is 0 Å². The first-order valence-electron chi connectivity index (χ1n) is 12.0. The molecule has 0 heterocycles. The van der Waals surface area contributed by atoms with Crippen LogP contribution >= 0.6 is 0 Å². The third kappa shape index (κ3) is 52.9. The number of unbranched alkanes of at least 4 members (excludes halogenated alkanes) is 12. The molecule has 0 aliphatic rings. The fraction of sp³-hybridized carbons (Fsp3) is 0.875. The molecular formula is C24H48O6Rh. The number of aliphatic carboxylic acids is 3. The molecule has 0 amide bonds. The molecule has 6 nitrogen and oxygen atoms in total. The van der Waals surface area contributed by atoms with Gasteiger partial charge in [0.1, 0.15) is 0 Å². The Bertz CT molecular complexity index is 331. The van der Waals surface area contributed by atoms with Gasteiger partial charge in [0.25, 0.3) is 0 Å². The second-order valence-electron chi connectivity index (χ2n) is 7.67. The van der Waals surface area contributed by atoms with Crippen molar-refractivity contribution in [2.45, 2.75) is 136 Å². The third-order valence-electron chi connectivity index (χ3n) is 4.48. The molecule has 0 atom stereocenters. The molecule has 31 heavy (non-hydrogen) atoms. The molecule has 0 aromatic heterocycles. The van der Waals surface area contributed by atoms with E-state index in [2.05, 4.69) is 20.8 Å². The zero-order chi connectivity index (χ0) is 23.5. The van der Waals surface area contributed by atoms with Crippen LogP contribution in [0.4, 0.5) is 0 Å². The van der Waals surface area contributed by atoms with Crippen molar-refractivity contribution < 1.29 is 49.2 Å². The van der Waals surface area contributed by atoms with Crippen molar-refractivity contribution in [3.63, 3.8) is 0 Å². The Morgan fingerprint density at radius 3 is 0.774 bits per heavy atom. The van der Waals surface area contributed by atoms with Gasteiger partial charge in [-0.1, -0.05) is 97.8 Å². The number of carbonyl (C=O) groups is 3. The monoisotopic (exact) mass is 535 g/mol. The molecule has 7 heteroatoms. The molecule has 1 radical (unpaired) electrons. The zero-order valence-electron chi connectivity index (χ0n) is 20.1. The Labute approximate surface area is 203 Å². The summed E-state index contributed by atoms with van der Waals surface area (Å²) in [7, 11) is 0. The molecule has 0 saturated carbocycles. The summed E-state index contributed by atoms with van der Waals surface area (Å²) < 4.78 is 0. The van der Waals surface area contributed by atoms with E-state index in [-0.39, 0.29) is 19.5 Å². The van der Waals surface area contributed by atoms with Crippen LogP contribution in [0, 0.1) is 0 Å². The SMILES string of the molecule is CCCCCCCC(=O)O.CCCCCCCC(=O)O.CCCCCCCC(=O)O.[Rh]. The van der Waals surface area contributed by atoms with Crippen LogP contribution in [0.3, 0.4) is 0 Å². The van der Waals surface area contributed by atoms with E-state index in [1.807, 2.05) is 0 Å². The third-order valence-corrected chi connectivity index (χ3v) is 4.48. The Morgan fingerprint density at radius 1 is 0.419 bits per heavy atom. The molecule has 189 valence electrons. The molecule has 0 aliphatic carbocycles. The largest absolute Gasteiger partial charge is 0.481 e. The van der Waals surface area contributed by atoms with E-state index in [0.717, 1.165) is 38.5 Å². The van der Waals surface area contributed by atoms with Gasteiger partial charge in [0.15, 0.2) is 0 Å². The van der Waals surface area contributed by atoms with Crippen molar-refractivity contribution in [2.24, 2.45) is 0 Å². The number of hydrogen-bond acceptors (Lipinski definition) is 3. The average molecular weight is 536 g/mol. The molecule has 0 fully saturated rings. The number of carboxylic acids is 3. The standard InChI is InChI=1S/3C8H16O2.Rh/c3*1-2-3-4-5-6-7-8(9)10;/h3*2-7H2,1H3,(H,9,10);. The van der Waals surface area contributed by atoms with E-state index >= 15 is 0 Å². The molecule has 0 aliphatic heterocycles. The average Bonchev–Trinajstić information content (AvgIpc) is 2.68. The van der Waals surface area contributed by atoms with Crippen molar-refractivity contribution in [2.75, 3.05) is 0 Å². The van der Waals surface area contributed by atoms with Crippen LogP contribution in [-0.4, -0.2) is 33.2 Å². The zero-order valence-corrected chi connectivity index (χ0v) is 21.8. The van der Waals surface area contributed by atoms with Gasteiger partial charge in [-0.15, -0.1) is 0 Å². The van der Waals surface area contributed by atoms with Gasteiger partial charge in [0, 0.05) is 38.7 Å². The van der Waals surface area contributed by atoms with Crippen LogP contribution in [0.1, 0.15) is 136 Å². The second-order valence-corrected chi connectivity index (χ2v) is 7.67. The van der Waals surface area contributed by atoms with E-state index in [1.165, 1.54) is 57.8 Å². The molecular weight excluding hydrogens is 487 g/mol. The van der Waals surface area contributed by atoms with Crippen LogP contribution < -0.4 is 0 Å². The van der Waals surface area contributed by atoms with Crippen LogP contribution in [-0.2, 0) is 33.9 Å². The normalized spacial score (nSPS) is 9.39. The molecule has 0 aromatic carbocycles. The van der Waals surface area contributed by atoms with Crippen LogP contribution in [0.15, 0.2) is 0 Å². The summed E-state index contributed by atoms with van der Waals surface area (Å²) in [6.45, 7) is 6.45. The predicted molar refractivity (Wildman–Crippen MR) is 123 cm³/mol. The van der Waals surface area contributed by atoms with Gasteiger partial charge in [-0.05, 0) is 19.3 Å². The van der Waals surface area contributed by atoms with Gasteiger partial charge in [-0.3, -0.25) is 14.4 Å². The summed E-state index contributed by atoms with van der Waals surface area (Å²) in [5, 5.41) is 24.8. The van der Waals surface area contributed by atoms with Crippen molar-refractivity contribution in [3.8, 4) is 0 Å². The van der Waals surface area contributed by atoms with Gasteiger partial charge in [0.05, 0.1) is 0 Å². The first kappa shape index (κ1) is 37.4. The van der Waals surface area contributed by atoms with E-state index in [9.17, 15) is 14.4 Å². The van der Waals surface area contributed by atoms with Gasteiger partial charge < -0.3 is 15.3 Å². The Balaban J connectivity index is -0.000000174. The summed E-state index contributed by atoms with van der Waals surface area (Å²) >= 11 is 0. The molecule has 0 unspecified atom stereocenters. The van der Waals surface area contributed by atoms with Crippen molar-refractivity contribution in [1.82, 2.24) is 0 Å². The van der Waals surface area contributed by atoms with Crippen molar-refractivity contribution >= 4 is 17.9 Å². The van der Waals surface area contributed by atoms with Gasteiger partial charge in [-0.2, -0.15) is 0 Å². The summed E-state index contributed by atoms with van der Waals surface area (Å²) in [5.74, 6) is -2.01. The summed E-state index contributed by atoms with van der Waals surface area (Å²) in [6, 6.07) is 0. The predicted octanol–water partition coefficient (Wildman–Crippen LogP) is 7.29. The minimum atomic E-state index is -0.670. The topological polar surface area (TPSA) is 112 Å². The van der Waals surface area contributed by atoms with Crippen molar-refractivity contribution in [1.29, 1.82) is 0 Å². The maximum Gasteiger partial charge on any atom is 0.303 e.